The summed E-state index contributed by atoms with van der Waals surface area (Å²) in [6.45, 7) is 15.3. The monoisotopic (exact) mass is 447 g/mol. The zero-order chi connectivity index (χ0) is 24.5. The summed E-state index contributed by atoms with van der Waals surface area (Å²) in [6.07, 6.45) is 2.04. The van der Waals surface area contributed by atoms with Gasteiger partial charge in [0.15, 0.2) is 0 Å². The van der Waals surface area contributed by atoms with Crippen LogP contribution in [0.25, 0.3) is 0 Å². The van der Waals surface area contributed by atoms with Gasteiger partial charge in [-0.1, -0.05) is 38.0 Å². The Labute approximate surface area is 193 Å². The van der Waals surface area contributed by atoms with E-state index in [-0.39, 0.29) is 24.4 Å². The quantitative estimate of drug-likeness (QED) is 0.520. The first kappa shape index (κ1) is 27.5. The molecule has 0 heterocycles. The fraction of sp³-hybridized carbons (Fsp3) is 0.640. The Kier molecular flexibility index (Phi) is 10.7. The first-order valence-electron chi connectivity index (χ1n) is 11.5. The molecule has 1 rings (SSSR count). The van der Waals surface area contributed by atoms with E-state index in [0.29, 0.717) is 6.54 Å². The second kappa shape index (κ2) is 12.5. The maximum atomic E-state index is 13.2. The van der Waals surface area contributed by atoms with Gasteiger partial charge in [0, 0.05) is 12.6 Å². The molecule has 3 amide bonds. The number of carbonyl (C=O) groups excluding carboxylic acids is 3. The molecule has 0 bridgehead atoms. The van der Waals surface area contributed by atoms with E-state index in [1.807, 2.05) is 45.9 Å². The number of alkyl carbamates (subject to hydrolysis) is 1. The van der Waals surface area contributed by atoms with Gasteiger partial charge >= 0.3 is 6.09 Å². The average molecular weight is 448 g/mol. The second-order valence-corrected chi connectivity index (χ2v) is 9.56. The topological polar surface area (TPSA) is 87.7 Å². The predicted molar refractivity (Wildman–Crippen MR) is 127 cm³/mol. The van der Waals surface area contributed by atoms with Crippen LogP contribution in [0.3, 0.4) is 0 Å². The van der Waals surface area contributed by atoms with Crippen molar-refractivity contribution in [3.63, 3.8) is 0 Å². The standard InChI is InChI=1S/C25H41N3O4/c1-9-10-11-14-28(21(29)16-26-24(31)32-25(6,7)8)22(23(30)27-17(2)3)20-13-12-18(4)19(5)15-20/h12-13,15,17,22H,9-11,14,16H2,1-8H3,(H,26,31)(H,27,30). The van der Waals surface area contributed by atoms with Crippen molar-refractivity contribution in [3.05, 3.63) is 34.9 Å². The minimum absolute atomic E-state index is 0.0657. The smallest absolute Gasteiger partial charge is 0.408 e. The van der Waals surface area contributed by atoms with Gasteiger partial charge in [-0.15, -0.1) is 0 Å². The van der Waals surface area contributed by atoms with Crippen LogP contribution in [0, 0.1) is 13.8 Å². The lowest BCUT2D eigenvalue weighted by Crippen LogP contribution is -2.49. The highest BCUT2D eigenvalue weighted by molar-refractivity contribution is 5.90. The molecule has 2 N–H and O–H groups in total. The molecule has 7 nitrogen and oxygen atoms in total. The maximum absolute atomic E-state index is 13.2. The summed E-state index contributed by atoms with van der Waals surface area (Å²) >= 11 is 0. The van der Waals surface area contributed by atoms with Crippen LogP contribution in [0.1, 0.15) is 83.5 Å². The van der Waals surface area contributed by atoms with Gasteiger partial charge in [0.1, 0.15) is 18.2 Å². The molecule has 0 aliphatic heterocycles. The molecule has 1 atom stereocenters. The van der Waals surface area contributed by atoms with Gasteiger partial charge in [0.05, 0.1) is 0 Å². The van der Waals surface area contributed by atoms with E-state index < -0.39 is 17.7 Å². The molecule has 0 radical (unpaired) electrons. The van der Waals surface area contributed by atoms with Crippen molar-refractivity contribution in [1.82, 2.24) is 15.5 Å². The van der Waals surface area contributed by atoms with Crippen molar-refractivity contribution in [2.45, 2.75) is 92.3 Å². The van der Waals surface area contributed by atoms with E-state index in [4.69, 9.17) is 4.74 Å². The van der Waals surface area contributed by atoms with E-state index in [1.54, 1.807) is 25.7 Å². The lowest BCUT2D eigenvalue weighted by atomic mass is 9.98. The van der Waals surface area contributed by atoms with E-state index in [9.17, 15) is 14.4 Å². The number of hydrogen-bond donors (Lipinski definition) is 2. The minimum Gasteiger partial charge on any atom is -0.444 e. The molecular weight excluding hydrogens is 406 g/mol. The fourth-order valence-electron chi connectivity index (χ4n) is 3.26. The first-order chi connectivity index (χ1) is 14.9. The van der Waals surface area contributed by atoms with Crippen molar-refractivity contribution in [3.8, 4) is 0 Å². The summed E-state index contributed by atoms with van der Waals surface area (Å²) in [7, 11) is 0. The second-order valence-electron chi connectivity index (χ2n) is 9.56. The third kappa shape index (κ3) is 9.28. The van der Waals surface area contributed by atoms with Crippen LogP contribution < -0.4 is 10.6 Å². The van der Waals surface area contributed by atoms with Gasteiger partial charge in [-0.3, -0.25) is 9.59 Å². The van der Waals surface area contributed by atoms with E-state index >= 15 is 0 Å². The van der Waals surface area contributed by atoms with Crippen molar-refractivity contribution >= 4 is 17.9 Å². The molecule has 0 spiro atoms. The van der Waals surface area contributed by atoms with Crippen LogP contribution in [0.15, 0.2) is 18.2 Å². The summed E-state index contributed by atoms with van der Waals surface area (Å²) in [6, 6.07) is 4.98. The third-order valence-corrected chi connectivity index (χ3v) is 4.94. The summed E-state index contributed by atoms with van der Waals surface area (Å²) in [4.78, 5) is 40.1. The van der Waals surface area contributed by atoms with Crippen LogP contribution in [0.2, 0.25) is 0 Å². The van der Waals surface area contributed by atoms with E-state index in [2.05, 4.69) is 17.6 Å². The molecule has 180 valence electrons. The van der Waals surface area contributed by atoms with Crippen LogP contribution >= 0.6 is 0 Å². The highest BCUT2D eigenvalue weighted by atomic mass is 16.6. The Bertz CT molecular complexity index is 784. The molecule has 32 heavy (non-hydrogen) atoms. The number of ether oxygens (including phenoxy) is 1. The van der Waals surface area contributed by atoms with Gasteiger partial charge in [0.25, 0.3) is 0 Å². The Hall–Kier alpha value is -2.57. The summed E-state index contributed by atoms with van der Waals surface area (Å²) < 4.78 is 5.24. The summed E-state index contributed by atoms with van der Waals surface area (Å²) in [5.74, 6) is -0.556. The van der Waals surface area contributed by atoms with E-state index in [0.717, 1.165) is 36.0 Å². The minimum atomic E-state index is -0.776. The molecule has 0 aromatic heterocycles. The third-order valence-electron chi connectivity index (χ3n) is 4.94. The molecule has 1 unspecified atom stereocenters. The highest BCUT2D eigenvalue weighted by Crippen LogP contribution is 2.25. The van der Waals surface area contributed by atoms with E-state index in [1.165, 1.54) is 0 Å². The molecule has 0 aliphatic rings. The van der Waals surface area contributed by atoms with Gasteiger partial charge in [-0.25, -0.2) is 4.79 Å². The maximum Gasteiger partial charge on any atom is 0.408 e. The number of unbranched alkanes of at least 4 members (excludes halogenated alkanes) is 2. The summed E-state index contributed by atoms with van der Waals surface area (Å²) in [5.41, 5.74) is 2.27. The molecule has 7 heteroatoms. The number of carbonyl (C=O) groups is 3. The van der Waals surface area contributed by atoms with Crippen LogP contribution in [0.5, 0.6) is 0 Å². The van der Waals surface area contributed by atoms with Gasteiger partial charge in [-0.2, -0.15) is 0 Å². The first-order valence-corrected chi connectivity index (χ1v) is 11.5. The number of nitrogens with zero attached hydrogens (tertiary/aromatic N) is 1. The van der Waals surface area contributed by atoms with Crippen molar-refractivity contribution in [2.75, 3.05) is 13.1 Å². The lowest BCUT2D eigenvalue weighted by molar-refractivity contribution is -0.140. The molecule has 0 saturated carbocycles. The Morgan fingerprint density at radius 2 is 1.72 bits per heavy atom. The Morgan fingerprint density at radius 1 is 1.06 bits per heavy atom. The normalized spacial score (nSPS) is 12.3. The van der Waals surface area contributed by atoms with Gasteiger partial charge in [-0.05, 0) is 71.6 Å². The molecular formula is C25H41N3O4. The SMILES string of the molecule is CCCCCN(C(=O)CNC(=O)OC(C)(C)C)C(C(=O)NC(C)C)c1ccc(C)c(C)c1. The molecule has 0 saturated heterocycles. The number of hydrogen-bond acceptors (Lipinski definition) is 4. The average Bonchev–Trinajstić information content (AvgIpc) is 2.66. The zero-order valence-corrected chi connectivity index (χ0v) is 21.0. The Morgan fingerprint density at radius 3 is 2.25 bits per heavy atom. The molecule has 0 fully saturated rings. The lowest BCUT2D eigenvalue weighted by Gasteiger charge is -2.32. The number of amides is 3. The highest BCUT2D eigenvalue weighted by Gasteiger charge is 2.32. The van der Waals surface area contributed by atoms with Crippen LogP contribution in [-0.2, 0) is 14.3 Å². The molecule has 1 aromatic rings. The number of benzene rings is 1. The largest absolute Gasteiger partial charge is 0.444 e. The Balaban J connectivity index is 3.22. The number of nitrogens with one attached hydrogen (secondary N) is 2. The van der Waals surface area contributed by atoms with Crippen molar-refractivity contribution < 1.29 is 19.1 Å². The zero-order valence-electron chi connectivity index (χ0n) is 21.0. The number of rotatable bonds is 10. The molecule has 0 aliphatic carbocycles. The fourth-order valence-corrected chi connectivity index (χ4v) is 3.26. The van der Waals surface area contributed by atoms with Crippen LogP contribution in [0.4, 0.5) is 4.79 Å². The van der Waals surface area contributed by atoms with Crippen molar-refractivity contribution in [1.29, 1.82) is 0 Å². The predicted octanol–water partition coefficient (Wildman–Crippen LogP) is 4.41. The summed E-state index contributed by atoms with van der Waals surface area (Å²) in [5, 5.41) is 5.48. The molecule has 1 aromatic carbocycles. The van der Waals surface area contributed by atoms with Crippen LogP contribution in [-0.4, -0.2) is 47.5 Å². The number of aryl methyl sites for hydroxylation is 2. The van der Waals surface area contributed by atoms with Gasteiger partial charge < -0.3 is 20.3 Å². The van der Waals surface area contributed by atoms with Gasteiger partial charge in [0.2, 0.25) is 11.8 Å². The van der Waals surface area contributed by atoms with Crippen molar-refractivity contribution in [2.24, 2.45) is 0 Å².